The summed E-state index contributed by atoms with van der Waals surface area (Å²) in [5.74, 6) is 2.82. The maximum Gasteiger partial charge on any atom is 0.226 e. The standard InChI is InChI=1S/C27H33N3O5/c1-32-20-10-8-18(24(13-20)33-2)16-29-27-22(15-28)21(14-26(31)30-27)17-9-11-23(25(12-17)34-3)35-19-6-4-5-7-19/h8-13,15,19,21H,4-7,14,16,28H2,1-3H3,(H,29,30,31). The average Bonchev–Trinajstić information content (AvgIpc) is 3.40. The van der Waals surface area contributed by atoms with Crippen LogP contribution >= 0.6 is 0 Å². The van der Waals surface area contributed by atoms with Crippen LogP contribution in [-0.4, -0.2) is 39.2 Å². The van der Waals surface area contributed by atoms with Crippen molar-refractivity contribution in [2.75, 3.05) is 21.3 Å². The molecule has 0 spiro atoms. The van der Waals surface area contributed by atoms with Gasteiger partial charge in [-0.3, -0.25) is 9.79 Å². The summed E-state index contributed by atoms with van der Waals surface area (Å²) in [6.45, 7) is 0.310. The summed E-state index contributed by atoms with van der Waals surface area (Å²) in [5, 5.41) is 2.88. The molecule has 0 aromatic heterocycles. The fourth-order valence-corrected chi connectivity index (χ4v) is 4.67. The maximum atomic E-state index is 12.6. The molecule has 2 aromatic carbocycles. The topological polar surface area (TPSA) is 104 Å². The summed E-state index contributed by atoms with van der Waals surface area (Å²) >= 11 is 0. The van der Waals surface area contributed by atoms with Crippen molar-refractivity contribution in [2.24, 2.45) is 10.7 Å². The van der Waals surface area contributed by atoms with Crippen LogP contribution in [-0.2, 0) is 11.3 Å². The second-order valence-corrected chi connectivity index (χ2v) is 8.70. The molecule has 2 aliphatic rings. The van der Waals surface area contributed by atoms with Gasteiger partial charge < -0.3 is 30.0 Å². The SMILES string of the molecule is COc1ccc(CN=C2NC(=O)CC(c3ccc(OC4CCCC4)c(OC)c3)C2=CN)c(OC)c1. The normalized spacial score (nSPS) is 20.7. The highest BCUT2D eigenvalue weighted by Gasteiger charge is 2.31. The third-order valence-electron chi connectivity index (χ3n) is 6.56. The summed E-state index contributed by atoms with van der Waals surface area (Å²) in [6, 6.07) is 11.4. The number of hydrogen-bond donors (Lipinski definition) is 2. The Kier molecular flexibility index (Phi) is 7.80. The van der Waals surface area contributed by atoms with Gasteiger partial charge in [0.2, 0.25) is 5.91 Å². The lowest BCUT2D eigenvalue weighted by Gasteiger charge is -2.28. The zero-order chi connectivity index (χ0) is 24.8. The second kappa shape index (κ2) is 11.2. The molecule has 1 saturated carbocycles. The molecule has 1 amide bonds. The van der Waals surface area contributed by atoms with Crippen LogP contribution in [0.15, 0.2) is 53.2 Å². The minimum atomic E-state index is -0.250. The van der Waals surface area contributed by atoms with Crippen LogP contribution < -0.4 is 30.0 Å². The van der Waals surface area contributed by atoms with Gasteiger partial charge in [0.05, 0.1) is 34.0 Å². The van der Waals surface area contributed by atoms with E-state index in [0.29, 0.717) is 29.6 Å². The van der Waals surface area contributed by atoms with Gasteiger partial charge in [-0.05, 0) is 55.5 Å². The van der Waals surface area contributed by atoms with Crippen molar-refractivity contribution >= 4 is 11.7 Å². The number of carbonyl (C=O) groups is 1. The van der Waals surface area contributed by atoms with Crippen molar-refractivity contribution in [3.63, 3.8) is 0 Å². The van der Waals surface area contributed by atoms with Crippen LogP contribution in [0.4, 0.5) is 0 Å². The number of carbonyl (C=O) groups excluding carboxylic acids is 1. The van der Waals surface area contributed by atoms with E-state index in [9.17, 15) is 4.79 Å². The number of nitrogens with one attached hydrogen (secondary N) is 1. The van der Waals surface area contributed by atoms with Crippen LogP contribution in [0.1, 0.15) is 49.1 Å². The Balaban J connectivity index is 1.59. The fourth-order valence-electron chi connectivity index (χ4n) is 4.67. The lowest BCUT2D eigenvalue weighted by Crippen LogP contribution is -2.40. The molecule has 1 atom stereocenters. The van der Waals surface area contributed by atoms with Crippen molar-refractivity contribution in [3.8, 4) is 23.0 Å². The highest BCUT2D eigenvalue weighted by atomic mass is 16.5. The zero-order valence-electron chi connectivity index (χ0n) is 20.5. The molecule has 1 saturated heterocycles. The minimum Gasteiger partial charge on any atom is -0.497 e. The lowest BCUT2D eigenvalue weighted by molar-refractivity contribution is -0.120. The van der Waals surface area contributed by atoms with E-state index in [1.807, 2.05) is 30.3 Å². The molecule has 1 unspecified atom stereocenters. The Hall–Kier alpha value is -3.68. The van der Waals surface area contributed by atoms with Crippen LogP contribution in [0.5, 0.6) is 23.0 Å². The number of aliphatic imine (C=N–C) groups is 1. The number of methoxy groups -OCH3 is 3. The first-order valence-electron chi connectivity index (χ1n) is 11.9. The number of nitrogens with zero attached hydrogens (tertiary/aromatic N) is 1. The van der Waals surface area contributed by atoms with Gasteiger partial charge in [0.15, 0.2) is 11.5 Å². The van der Waals surface area contributed by atoms with Gasteiger partial charge in [0.25, 0.3) is 0 Å². The summed E-state index contributed by atoms with van der Waals surface area (Å²) < 4.78 is 22.5. The van der Waals surface area contributed by atoms with Crippen molar-refractivity contribution in [2.45, 2.75) is 50.7 Å². The van der Waals surface area contributed by atoms with Gasteiger partial charge in [0.1, 0.15) is 17.3 Å². The molecule has 1 heterocycles. The third-order valence-corrected chi connectivity index (χ3v) is 6.56. The zero-order valence-corrected chi connectivity index (χ0v) is 20.5. The van der Waals surface area contributed by atoms with E-state index in [2.05, 4.69) is 10.3 Å². The van der Waals surface area contributed by atoms with Crippen LogP contribution in [0.3, 0.4) is 0 Å². The molecule has 2 aromatic rings. The number of rotatable bonds is 8. The molecule has 3 N–H and O–H groups in total. The summed E-state index contributed by atoms with van der Waals surface area (Å²) in [5.41, 5.74) is 8.58. The molecule has 1 aliphatic heterocycles. The van der Waals surface area contributed by atoms with Crippen molar-refractivity contribution in [1.82, 2.24) is 5.32 Å². The van der Waals surface area contributed by atoms with E-state index in [-0.39, 0.29) is 24.3 Å². The highest BCUT2D eigenvalue weighted by molar-refractivity contribution is 6.11. The molecule has 2 fully saturated rings. The van der Waals surface area contributed by atoms with Gasteiger partial charge >= 0.3 is 0 Å². The lowest BCUT2D eigenvalue weighted by atomic mass is 9.85. The average molecular weight is 480 g/mol. The number of amidine groups is 1. The number of benzene rings is 2. The molecule has 35 heavy (non-hydrogen) atoms. The van der Waals surface area contributed by atoms with Crippen molar-refractivity contribution < 1.29 is 23.7 Å². The van der Waals surface area contributed by atoms with Gasteiger partial charge in [-0.1, -0.05) is 6.07 Å². The Bertz CT molecular complexity index is 1120. The fraction of sp³-hybridized carbons (Fsp3) is 0.407. The summed E-state index contributed by atoms with van der Waals surface area (Å²) in [6.07, 6.45) is 6.51. The largest absolute Gasteiger partial charge is 0.497 e. The van der Waals surface area contributed by atoms with Crippen LogP contribution in [0.25, 0.3) is 0 Å². The first kappa shape index (κ1) is 24.4. The van der Waals surface area contributed by atoms with E-state index < -0.39 is 0 Å². The smallest absolute Gasteiger partial charge is 0.226 e. The summed E-state index contributed by atoms with van der Waals surface area (Å²) in [7, 11) is 4.83. The quantitative estimate of drug-likeness (QED) is 0.591. The van der Waals surface area contributed by atoms with Gasteiger partial charge in [-0.2, -0.15) is 0 Å². The Morgan fingerprint density at radius 3 is 2.46 bits per heavy atom. The van der Waals surface area contributed by atoms with E-state index in [4.69, 9.17) is 24.7 Å². The Labute approximate surface area is 206 Å². The van der Waals surface area contributed by atoms with E-state index in [1.165, 1.54) is 19.0 Å². The molecule has 186 valence electrons. The van der Waals surface area contributed by atoms with E-state index in [1.54, 1.807) is 27.4 Å². The number of ether oxygens (including phenoxy) is 4. The molecule has 0 bridgehead atoms. The third kappa shape index (κ3) is 5.53. The van der Waals surface area contributed by atoms with Crippen LogP contribution in [0.2, 0.25) is 0 Å². The van der Waals surface area contributed by atoms with Crippen molar-refractivity contribution in [3.05, 3.63) is 59.3 Å². The second-order valence-electron chi connectivity index (χ2n) is 8.70. The monoisotopic (exact) mass is 479 g/mol. The first-order chi connectivity index (χ1) is 17.1. The van der Waals surface area contributed by atoms with Crippen LogP contribution in [0, 0.1) is 0 Å². The molecule has 8 nitrogen and oxygen atoms in total. The minimum absolute atomic E-state index is 0.119. The maximum absolute atomic E-state index is 12.6. The Morgan fingerprint density at radius 2 is 1.77 bits per heavy atom. The molecular weight excluding hydrogens is 446 g/mol. The van der Waals surface area contributed by atoms with Gasteiger partial charge in [0, 0.05) is 35.7 Å². The van der Waals surface area contributed by atoms with Gasteiger partial charge in [-0.25, -0.2) is 0 Å². The number of amides is 1. The molecular formula is C27H33N3O5. The predicted octanol–water partition coefficient (Wildman–Crippen LogP) is 4.08. The number of nitrogens with two attached hydrogens (primary N) is 1. The van der Waals surface area contributed by atoms with Gasteiger partial charge in [-0.15, -0.1) is 0 Å². The predicted molar refractivity (Wildman–Crippen MR) is 134 cm³/mol. The summed E-state index contributed by atoms with van der Waals surface area (Å²) in [4.78, 5) is 17.3. The van der Waals surface area contributed by atoms with Crippen molar-refractivity contribution in [1.29, 1.82) is 0 Å². The number of piperidine rings is 1. The molecule has 0 radical (unpaired) electrons. The molecule has 8 heteroatoms. The number of hydrogen-bond acceptors (Lipinski definition) is 7. The molecule has 4 rings (SSSR count). The highest BCUT2D eigenvalue weighted by Crippen LogP contribution is 2.38. The first-order valence-corrected chi connectivity index (χ1v) is 11.9. The Morgan fingerprint density at radius 1 is 1.00 bits per heavy atom. The molecule has 1 aliphatic carbocycles. The van der Waals surface area contributed by atoms with E-state index in [0.717, 1.165) is 35.3 Å². The van der Waals surface area contributed by atoms with E-state index >= 15 is 0 Å².